The molecule has 2 rings (SSSR count). The van der Waals surface area contributed by atoms with E-state index in [9.17, 15) is 4.79 Å². The summed E-state index contributed by atoms with van der Waals surface area (Å²) in [6.07, 6.45) is 0. The van der Waals surface area contributed by atoms with E-state index in [1.807, 2.05) is 18.7 Å². The standard InChI is InChI=1S/C9H15NO2S/c1-6(9(11)12)7-2-10(3-7)8-4-13-5-8/h6-8H,2-5H2,1H3,(H,11,12). The van der Waals surface area contributed by atoms with Gasteiger partial charge >= 0.3 is 5.97 Å². The van der Waals surface area contributed by atoms with E-state index < -0.39 is 5.97 Å². The summed E-state index contributed by atoms with van der Waals surface area (Å²) in [5.41, 5.74) is 0. The number of aliphatic carboxylic acids is 1. The van der Waals surface area contributed by atoms with Gasteiger partial charge < -0.3 is 5.11 Å². The molecule has 0 amide bonds. The predicted molar refractivity (Wildman–Crippen MR) is 53.0 cm³/mol. The van der Waals surface area contributed by atoms with Gasteiger partial charge in [0.05, 0.1) is 5.92 Å². The molecule has 0 radical (unpaired) electrons. The van der Waals surface area contributed by atoms with Crippen molar-refractivity contribution in [3.8, 4) is 0 Å². The van der Waals surface area contributed by atoms with Gasteiger partial charge in [0.1, 0.15) is 0 Å². The van der Waals surface area contributed by atoms with Crippen LogP contribution >= 0.6 is 11.8 Å². The second-order valence-electron chi connectivity index (χ2n) is 4.03. The third kappa shape index (κ3) is 1.70. The van der Waals surface area contributed by atoms with Gasteiger partial charge in [0.2, 0.25) is 0 Å². The number of likely N-dealkylation sites (tertiary alicyclic amines) is 1. The van der Waals surface area contributed by atoms with Gasteiger partial charge in [0, 0.05) is 30.6 Å². The lowest BCUT2D eigenvalue weighted by molar-refractivity contribution is -0.145. The Kier molecular flexibility index (Phi) is 2.51. The normalized spacial score (nSPS) is 27.8. The molecule has 0 spiro atoms. The second-order valence-corrected chi connectivity index (χ2v) is 5.11. The van der Waals surface area contributed by atoms with Gasteiger partial charge in [-0.15, -0.1) is 0 Å². The average Bonchev–Trinajstić information content (AvgIpc) is 1.90. The van der Waals surface area contributed by atoms with E-state index in [0.29, 0.717) is 5.92 Å². The minimum atomic E-state index is -0.646. The maximum Gasteiger partial charge on any atom is 0.306 e. The number of rotatable bonds is 3. The first-order chi connectivity index (χ1) is 6.18. The maximum atomic E-state index is 10.7. The molecule has 74 valence electrons. The molecule has 1 unspecified atom stereocenters. The first-order valence-corrected chi connectivity index (χ1v) is 5.88. The van der Waals surface area contributed by atoms with Crippen LogP contribution in [0.2, 0.25) is 0 Å². The minimum absolute atomic E-state index is 0.163. The Balaban J connectivity index is 1.74. The zero-order valence-corrected chi connectivity index (χ0v) is 8.59. The number of carbonyl (C=O) groups is 1. The van der Waals surface area contributed by atoms with Crippen LogP contribution in [0.3, 0.4) is 0 Å². The molecule has 4 heteroatoms. The summed E-state index contributed by atoms with van der Waals surface area (Å²) in [5.74, 6) is 2.07. The quantitative estimate of drug-likeness (QED) is 0.731. The summed E-state index contributed by atoms with van der Waals surface area (Å²) < 4.78 is 0. The van der Waals surface area contributed by atoms with E-state index >= 15 is 0 Å². The molecule has 0 aromatic rings. The second kappa shape index (κ2) is 3.50. The third-order valence-corrected chi connectivity index (χ3v) is 4.41. The van der Waals surface area contributed by atoms with Crippen molar-refractivity contribution in [2.24, 2.45) is 11.8 Å². The lowest BCUT2D eigenvalue weighted by Crippen LogP contribution is -2.58. The van der Waals surface area contributed by atoms with Crippen molar-refractivity contribution in [1.29, 1.82) is 0 Å². The summed E-state index contributed by atoms with van der Waals surface area (Å²) in [5, 5.41) is 8.79. The van der Waals surface area contributed by atoms with Crippen molar-refractivity contribution in [3.05, 3.63) is 0 Å². The fourth-order valence-corrected chi connectivity index (χ4v) is 2.67. The molecule has 0 saturated carbocycles. The minimum Gasteiger partial charge on any atom is -0.481 e. The Morgan fingerprint density at radius 1 is 1.54 bits per heavy atom. The SMILES string of the molecule is CC(C(=O)O)C1CN(C2CSC2)C1. The summed E-state index contributed by atoms with van der Waals surface area (Å²) >= 11 is 1.98. The monoisotopic (exact) mass is 201 g/mol. The van der Waals surface area contributed by atoms with E-state index in [0.717, 1.165) is 19.1 Å². The molecule has 2 heterocycles. The van der Waals surface area contributed by atoms with Crippen LogP contribution in [0.15, 0.2) is 0 Å². The highest BCUT2D eigenvalue weighted by Gasteiger charge is 2.39. The fraction of sp³-hybridized carbons (Fsp3) is 0.889. The Hall–Kier alpha value is -0.220. The maximum absolute atomic E-state index is 10.7. The molecular weight excluding hydrogens is 186 g/mol. The summed E-state index contributed by atoms with van der Waals surface area (Å²) in [7, 11) is 0. The zero-order valence-electron chi connectivity index (χ0n) is 7.77. The summed E-state index contributed by atoms with van der Waals surface area (Å²) in [6.45, 7) is 3.82. The molecule has 1 atom stereocenters. The number of carboxylic acid groups (broad SMARTS) is 1. The molecule has 2 aliphatic rings. The first-order valence-electron chi connectivity index (χ1n) is 4.73. The van der Waals surface area contributed by atoms with E-state index in [2.05, 4.69) is 4.90 Å². The molecule has 1 N–H and O–H groups in total. The highest BCUT2D eigenvalue weighted by Crippen LogP contribution is 2.32. The summed E-state index contributed by atoms with van der Waals surface area (Å²) in [4.78, 5) is 13.1. The van der Waals surface area contributed by atoms with Gasteiger partial charge in [-0.3, -0.25) is 9.69 Å². The van der Waals surface area contributed by atoms with Crippen LogP contribution in [0.5, 0.6) is 0 Å². The van der Waals surface area contributed by atoms with Gasteiger partial charge in [-0.05, 0) is 5.92 Å². The molecule has 13 heavy (non-hydrogen) atoms. The van der Waals surface area contributed by atoms with Crippen molar-refractivity contribution in [2.45, 2.75) is 13.0 Å². The first kappa shape index (κ1) is 9.34. The van der Waals surface area contributed by atoms with Crippen LogP contribution in [0.25, 0.3) is 0 Å². The van der Waals surface area contributed by atoms with Crippen molar-refractivity contribution in [2.75, 3.05) is 24.6 Å². The topological polar surface area (TPSA) is 40.5 Å². The zero-order chi connectivity index (χ0) is 9.42. The van der Waals surface area contributed by atoms with Crippen LogP contribution in [0, 0.1) is 11.8 Å². The Morgan fingerprint density at radius 2 is 2.15 bits per heavy atom. The van der Waals surface area contributed by atoms with E-state index in [1.165, 1.54) is 11.5 Å². The lowest BCUT2D eigenvalue weighted by atomic mass is 9.86. The molecule has 0 aliphatic carbocycles. The van der Waals surface area contributed by atoms with Crippen LogP contribution in [0.4, 0.5) is 0 Å². The summed E-state index contributed by atoms with van der Waals surface area (Å²) in [6, 6.07) is 0.752. The van der Waals surface area contributed by atoms with Gasteiger partial charge in [-0.2, -0.15) is 11.8 Å². The van der Waals surface area contributed by atoms with Crippen molar-refractivity contribution < 1.29 is 9.90 Å². The lowest BCUT2D eigenvalue weighted by Gasteiger charge is -2.48. The smallest absolute Gasteiger partial charge is 0.306 e. The molecule has 2 aliphatic heterocycles. The highest BCUT2D eigenvalue weighted by molar-refractivity contribution is 8.00. The van der Waals surface area contributed by atoms with E-state index in [4.69, 9.17) is 5.11 Å². The molecule has 3 nitrogen and oxygen atoms in total. The van der Waals surface area contributed by atoms with Gasteiger partial charge in [-0.25, -0.2) is 0 Å². The fourth-order valence-electron chi connectivity index (χ4n) is 1.80. The predicted octanol–water partition coefficient (Wildman–Crippen LogP) is 0.754. The van der Waals surface area contributed by atoms with Gasteiger partial charge in [0.15, 0.2) is 0 Å². The Morgan fingerprint density at radius 3 is 2.54 bits per heavy atom. The van der Waals surface area contributed by atoms with Crippen molar-refractivity contribution in [1.82, 2.24) is 4.90 Å². The number of hydrogen-bond donors (Lipinski definition) is 1. The van der Waals surface area contributed by atoms with Gasteiger partial charge in [-0.1, -0.05) is 6.92 Å². The van der Waals surface area contributed by atoms with Crippen LogP contribution < -0.4 is 0 Å². The average molecular weight is 201 g/mol. The number of thioether (sulfide) groups is 1. The van der Waals surface area contributed by atoms with Crippen LogP contribution in [0.1, 0.15) is 6.92 Å². The van der Waals surface area contributed by atoms with Gasteiger partial charge in [0.25, 0.3) is 0 Å². The number of carboxylic acids is 1. The Bertz CT molecular complexity index is 212. The highest BCUT2D eigenvalue weighted by atomic mass is 32.2. The number of nitrogens with zero attached hydrogens (tertiary/aromatic N) is 1. The molecule has 0 bridgehead atoms. The Labute approximate surface area is 82.5 Å². The molecule has 2 fully saturated rings. The van der Waals surface area contributed by atoms with Crippen molar-refractivity contribution in [3.63, 3.8) is 0 Å². The number of hydrogen-bond acceptors (Lipinski definition) is 3. The van der Waals surface area contributed by atoms with Crippen molar-refractivity contribution >= 4 is 17.7 Å². The van der Waals surface area contributed by atoms with Crippen LogP contribution in [-0.2, 0) is 4.79 Å². The third-order valence-electron chi connectivity index (χ3n) is 3.17. The molecule has 2 saturated heterocycles. The largest absolute Gasteiger partial charge is 0.481 e. The van der Waals surface area contributed by atoms with E-state index in [-0.39, 0.29) is 5.92 Å². The molecule has 0 aromatic carbocycles. The van der Waals surface area contributed by atoms with Crippen LogP contribution in [-0.4, -0.2) is 46.6 Å². The van der Waals surface area contributed by atoms with E-state index in [1.54, 1.807) is 0 Å². The molecular formula is C9H15NO2S. The molecule has 0 aromatic heterocycles.